The molecule has 0 spiro atoms. The monoisotopic (exact) mass is 276 g/mol. The molecule has 0 aliphatic rings. The number of carboxylic acids is 1. The van der Waals surface area contributed by atoms with Crippen molar-refractivity contribution in [2.75, 3.05) is 0 Å². The number of ether oxygens (including phenoxy) is 1. The molecule has 0 atom stereocenters. The molecule has 1 amide bonds. The van der Waals surface area contributed by atoms with Crippen LogP contribution in [-0.4, -0.2) is 22.8 Å². The van der Waals surface area contributed by atoms with Gasteiger partial charge in [0, 0.05) is 6.54 Å². The van der Waals surface area contributed by atoms with Crippen molar-refractivity contribution in [3.63, 3.8) is 0 Å². The van der Waals surface area contributed by atoms with E-state index in [9.17, 15) is 9.59 Å². The number of hydrogen-bond donors (Lipinski definition) is 2. The van der Waals surface area contributed by atoms with Crippen molar-refractivity contribution in [1.82, 2.24) is 5.32 Å². The van der Waals surface area contributed by atoms with Crippen molar-refractivity contribution < 1.29 is 19.4 Å². The lowest BCUT2D eigenvalue weighted by molar-refractivity contribution is 0.0521. The maximum absolute atomic E-state index is 11.5. The fourth-order valence-corrected chi connectivity index (χ4v) is 1.49. The van der Waals surface area contributed by atoms with E-state index in [2.05, 4.69) is 10.2 Å². The van der Waals surface area contributed by atoms with E-state index in [1.807, 2.05) is 0 Å². The molecule has 0 aliphatic heterocycles. The molecule has 0 saturated heterocycles. The minimum atomic E-state index is -1.11. The first-order chi connectivity index (χ1) is 9.23. The number of hydrogen-bond acceptors (Lipinski definition) is 3. The van der Waals surface area contributed by atoms with Crippen molar-refractivity contribution >= 4 is 17.7 Å². The van der Waals surface area contributed by atoms with Gasteiger partial charge in [-0.3, -0.25) is 0 Å². The molecule has 2 N–H and O–H groups in total. The highest BCUT2D eigenvalue weighted by Crippen LogP contribution is 2.19. The van der Waals surface area contributed by atoms with Crippen molar-refractivity contribution in [2.24, 2.45) is 0 Å². The van der Waals surface area contributed by atoms with Crippen LogP contribution in [0.5, 0.6) is 0 Å². The Labute approximate surface area is 117 Å². The second-order valence-electron chi connectivity index (χ2n) is 5.11. The fourth-order valence-electron chi connectivity index (χ4n) is 1.49. The standard InChI is InChI=1S/C14H16N2O4/c1-14(2,3)20-13(19)16-8-9-7-10(15-4)5-6-11(9)12(17)18/h5-7H,8H2,1-3H3,(H,16,19)(H,17,18). The number of carboxylic acid groups (broad SMARTS) is 1. The first kappa shape index (κ1) is 15.5. The minimum Gasteiger partial charge on any atom is -0.478 e. The van der Waals surface area contributed by atoms with Crippen molar-refractivity contribution in [3.05, 3.63) is 40.7 Å². The Bertz CT molecular complexity index is 568. The van der Waals surface area contributed by atoms with Gasteiger partial charge in [0.15, 0.2) is 5.69 Å². The number of nitrogens with one attached hydrogen (secondary N) is 1. The van der Waals surface area contributed by atoms with Crippen LogP contribution < -0.4 is 5.32 Å². The molecule has 0 unspecified atom stereocenters. The molecular weight excluding hydrogens is 260 g/mol. The number of carbonyl (C=O) groups is 2. The molecule has 6 heteroatoms. The van der Waals surface area contributed by atoms with E-state index in [-0.39, 0.29) is 12.1 Å². The van der Waals surface area contributed by atoms with Crippen molar-refractivity contribution in [3.8, 4) is 0 Å². The zero-order chi connectivity index (χ0) is 15.3. The molecule has 0 aromatic heterocycles. The third kappa shape index (κ3) is 4.61. The normalized spacial score (nSPS) is 10.5. The van der Waals surface area contributed by atoms with Gasteiger partial charge in [-0.25, -0.2) is 14.4 Å². The average Bonchev–Trinajstić information content (AvgIpc) is 2.33. The predicted molar refractivity (Wildman–Crippen MR) is 72.7 cm³/mol. The summed E-state index contributed by atoms with van der Waals surface area (Å²) in [6.45, 7) is 12.1. The number of rotatable bonds is 3. The largest absolute Gasteiger partial charge is 0.478 e. The number of nitrogens with zero attached hydrogens (tertiary/aromatic N) is 1. The van der Waals surface area contributed by atoms with Gasteiger partial charge in [0.1, 0.15) is 5.60 Å². The Balaban J connectivity index is 2.84. The van der Waals surface area contributed by atoms with E-state index in [4.69, 9.17) is 16.4 Å². The zero-order valence-electron chi connectivity index (χ0n) is 11.6. The van der Waals surface area contributed by atoms with Crippen LogP contribution in [0.3, 0.4) is 0 Å². The molecule has 0 heterocycles. The highest BCUT2D eigenvalue weighted by molar-refractivity contribution is 5.90. The Morgan fingerprint density at radius 2 is 2.05 bits per heavy atom. The van der Waals surface area contributed by atoms with Crippen LogP contribution in [0.4, 0.5) is 10.5 Å². The van der Waals surface area contributed by atoms with Gasteiger partial charge in [-0.05, 0) is 26.3 Å². The van der Waals surface area contributed by atoms with Crippen LogP contribution in [-0.2, 0) is 11.3 Å². The third-order valence-corrected chi connectivity index (χ3v) is 2.27. The Morgan fingerprint density at radius 1 is 1.40 bits per heavy atom. The van der Waals surface area contributed by atoms with E-state index in [0.29, 0.717) is 11.3 Å². The van der Waals surface area contributed by atoms with Crippen LogP contribution in [0.1, 0.15) is 36.7 Å². The smallest absolute Gasteiger partial charge is 0.407 e. The van der Waals surface area contributed by atoms with Crippen LogP contribution in [0.25, 0.3) is 4.85 Å². The topological polar surface area (TPSA) is 80.0 Å². The summed E-state index contributed by atoms with van der Waals surface area (Å²) in [6, 6.07) is 4.21. The summed E-state index contributed by atoms with van der Waals surface area (Å²) >= 11 is 0. The molecule has 1 aromatic rings. The lowest BCUT2D eigenvalue weighted by atomic mass is 10.1. The molecular formula is C14H16N2O4. The second-order valence-corrected chi connectivity index (χ2v) is 5.11. The van der Waals surface area contributed by atoms with E-state index < -0.39 is 17.7 Å². The Morgan fingerprint density at radius 3 is 2.55 bits per heavy atom. The lowest BCUT2D eigenvalue weighted by Crippen LogP contribution is -2.32. The minimum absolute atomic E-state index is 0.0140. The summed E-state index contributed by atoms with van der Waals surface area (Å²) in [7, 11) is 0. The average molecular weight is 276 g/mol. The van der Waals surface area contributed by atoms with Crippen molar-refractivity contribution in [2.45, 2.75) is 32.9 Å². The lowest BCUT2D eigenvalue weighted by Gasteiger charge is -2.20. The maximum Gasteiger partial charge on any atom is 0.407 e. The van der Waals surface area contributed by atoms with E-state index in [1.54, 1.807) is 20.8 Å². The van der Waals surface area contributed by atoms with Crippen LogP contribution in [0, 0.1) is 6.57 Å². The van der Waals surface area contributed by atoms with Gasteiger partial charge in [0.2, 0.25) is 0 Å². The highest BCUT2D eigenvalue weighted by atomic mass is 16.6. The van der Waals surface area contributed by atoms with E-state index in [0.717, 1.165) is 0 Å². The molecule has 1 rings (SSSR count). The highest BCUT2D eigenvalue weighted by Gasteiger charge is 2.17. The van der Waals surface area contributed by atoms with Gasteiger partial charge >= 0.3 is 12.1 Å². The number of benzene rings is 1. The second kappa shape index (κ2) is 6.06. The summed E-state index contributed by atoms with van der Waals surface area (Å²) < 4.78 is 5.06. The first-order valence-corrected chi connectivity index (χ1v) is 5.93. The molecule has 106 valence electrons. The number of amides is 1. The van der Waals surface area contributed by atoms with Crippen LogP contribution in [0.15, 0.2) is 18.2 Å². The first-order valence-electron chi connectivity index (χ1n) is 5.93. The van der Waals surface area contributed by atoms with Gasteiger partial charge in [0.05, 0.1) is 12.1 Å². The quantitative estimate of drug-likeness (QED) is 0.832. The summed E-state index contributed by atoms with van der Waals surface area (Å²) in [6.07, 6.45) is -0.637. The summed E-state index contributed by atoms with van der Waals surface area (Å²) in [4.78, 5) is 25.8. The van der Waals surface area contributed by atoms with Gasteiger partial charge in [-0.1, -0.05) is 18.2 Å². The van der Waals surface area contributed by atoms with Gasteiger partial charge in [-0.2, -0.15) is 0 Å². The number of alkyl carbamates (subject to hydrolysis) is 1. The molecule has 0 fully saturated rings. The van der Waals surface area contributed by atoms with Gasteiger partial charge in [-0.15, -0.1) is 0 Å². The fraction of sp³-hybridized carbons (Fsp3) is 0.357. The SMILES string of the molecule is [C-]#[N+]c1ccc(C(=O)O)c(CNC(=O)OC(C)(C)C)c1. The van der Waals surface area contributed by atoms with Gasteiger partial charge in [0.25, 0.3) is 0 Å². The number of carbonyl (C=O) groups excluding carboxylic acids is 1. The van der Waals surface area contributed by atoms with E-state index >= 15 is 0 Å². The summed E-state index contributed by atoms with van der Waals surface area (Å²) in [5, 5.41) is 11.5. The molecule has 0 aliphatic carbocycles. The Kier molecular flexibility index (Phi) is 4.70. The van der Waals surface area contributed by atoms with Crippen LogP contribution >= 0.6 is 0 Å². The molecule has 20 heavy (non-hydrogen) atoms. The summed E-state index contributed by atoms with van der Waals surface area (Å²) in [5.41, 5.74) is 0.0965. The van der Waals surface area contributed by atoms with E-state index in [1.165, 1.54) is 18.2 Å². The number of aromatic carboxylic acids is 1. The molecule has 0 bridgehead atoms. The Hall–Kier alpha value is -2.55. The molecule has 1 aromatic carbocycles. The molecule has 0 saturated carbocycles. The predicted octanol–water partition coefficient (Wildman–Crippen LogP) is 2.96. The summed E-state index contributed by atoms with van der Waals surface area (Å²) in [5.74, 6) is -1.11. The van der Waals surface area contributed by atoms with Crippen LogP contribution in [0.2, 0.25) is 0 Å². The third-order valence-electron chi connectivity index (χ3n) is 2.27. The zero-order valence-corrected chi connectivity index (χ0v) is 11.6. The molecule has 0 radical (unpaired) electrons. The molecule has 6 nitrogen and oxygen atoms in total. The van der Waals surface area contributed by atoms with Crippen molar-refractivity contribution in [1.29, 1.82) is 0 Å². The van der Waals surface area contributed by atoms with Gasteiger partial charge < -0.3 is 15.2 Å². The maximum atomic E-state index is 11.5.